The summed E-state index contributed by atoms with van der Waals surface area (Å²) < 4.78 is 0. The number of aryl methyl sites for hydroxylation is 1. The van der Waals surface area contributed by atoms with E-state index >= 15 is 0 Å². The first-order valence-corrected chi connectivity index (χ1v) is 10.3. The second-order valence-electron chi connectivity index (χ2n) is 6.99. The number of anilines is 1. The molecule has 2 bridgehead atoms. The van der Waals surface area contributed by atoms with E-state index < -0.39 is 5.97 Å². The van der Waals surface area contributed by atoms with Crippen molar-refractivity contribution < 1.29 is 15.0 Å². The summed E-state index contributed by atoms with van der Waals surface area (Å²) in [5, 5.41) is 24.3. The number of aromatic carboxylic acids is 1. The molecule has 0 spiro atoms. The lowest BCUT2D eigenvalue weighted by Crippen LogP contribution is -2.23. The molecule has 0 amide bonds. The summed E-state index contributed by atoms with van der Waals surface area (Å²) in [6, 6.07) is 3.29. The molecule has 1 heterocycles. The topological polar surface area (TPSA) is 82.5 Å². The lowest BCUT2D eigenvalue weighted by molar-refractivity contribution is 0.0695. The number of hydrogen-bond donors (Lipinski definition) is 3. The predicted molar refractivity (Wildman–Crippen MR) is 107 cm³/mol. The molecule has 2 aliphatic rings. The van der Waals surface area contributed by atoms with Crippen molar-refractivity contribution in [2.45, 2.75) is 31.7 Å². The number of rotatable bonds is 6. The van der Waals surface area contributed by atoms with E-state index in [1.165, 1.54) is 29.9 Å². The van der Waals surface area contributed by atoms with Crippen LogP contribution >= 0.6 is 34.5 Å². The summed E-state index contributed by atoms with van der Waals surface area (Å²) in [5.41, 5.74) is 0.595. The number of carbonyl (C=O) groups is 1. The van der Waals surface area contributed by atoms with Crippen molar-refractivity contribution in [1.82, 2.24) is 4.98 Å². The van der Waals surface area contributed by atoms with Gasteiger partial charge in [-0.25, -0.2) is 4.79 Å². The molecular formula is C19H18Cl2N2O3S. The van der Waals surface area contributed by atoms with Crippen molar-refractivity contribution in [3.63, 3.8) is 0 Å². The van der Waals surface area contributed by atoms with Gasteiger partial charge in [0.15, 0.2) is 5.13 Å². The molecular weight excluding hydrogens is 407 g/mol. The molecule has 2 aromatic rings. The average molecular weight is 425 g/mol. The van der Waals surface area contributed by atoms with Crippen LogP contribution in [0.1, 0.15) is 33.6 Å². The highest BCUT2D eigenvalue weighted by atomic mass is 35.5. The fourth-order valence-corrected chi connectivity index (χ4v) is 5.30. The minimum Gasteiger partial charge on any atom is -0.492 e. The van der Waals surface area contributed by atoms with Crippen molar-refractivity contribution in [2.24, 2.45) is 11.8 Å². The van der Waals surface area contributed by atoms with Gasteiger partial charge in [-0.2, -0.15) is 4.98 Å². The molecule has 1 aromatic heterocycles. The minimum absolute atomic E-state index is 0.0174. The van der Waals surface area contributed by atoms with Crippen LogP contribution < -0.4 is 5.32 Å². The van der Waals surface area contributed by atoms with E-state index in [1.807, 2.05) is 0 Å². The highest BCUT2D eigenvalue weighted by Crippen LogP contribution is 2.41. The number of allylic oxidation sites excluding steroid dienone is 1. The highest BCUT2D eigenvalue weighted by molar-refractivity contribution is 7.15. The summed E-state index contributed by atoms with van der Waals surface area (Å²) >= 11 is 13.6. The van der Waals surface area contributed by atoms with Crippen molar-refractivity contribution in [1.29, 1.82) is 0 Å². The fraction of sp³-hybridized carbons (Fsp3) is 0.368. The van der Waals surface area contributed by atoms with Crippen molar-refractivity contribution in [3.05, 3.63) is 50.3 Å². The van der Waals surface area contributed by atoms with Crippen molar-refractivity contribution in [2.75, 3.05) is 5.32 Å². The Kier molecular flexibility index (Phi) is 5.05. The number of aromatic nitrogens is 1. The molecule has 3 atom stereocenters. The maximum absolute atomic E-state index is 11.4. The van der Waals surface area contributed by atoms with E-state index in [2.05, 4.69) is 22.5 Å². The molecule has 3 unspecified atom stereocenters. The fourth-order valence-electron chi connectivity index (χ4n) is 3.95. The number of aromatic hydroxyl groups is 1. The second kappa shape index (κ2) is 7.34. The van der Waals surface area contributed by atoms with Gasteiger partial charge in [0.05, 0.1) is 20.5 Å². The van der Waals surface area contributed by atoms with Gasteiger partial charge in [0.25, 0.3) is 0 Å². The number of halogens is 2. The molecule has 0 radical (unpaired) electrons. The van der Waals surface area contributed by atoms with Crippen LogP contribution in [-0.4, -0.2) is 27.2 Å². The second-order valence-corrected chi connectivity index (χ2v) is 8.86. The van der Waals surface area contributed by atoms with Crippen LogP contribution in [0.3, 0.4) is 0 Å². The quantitative estimate of drug-likeness (QED) is 0.567. The Labute approximate surface area is 170 Å². The SMILES string of the molecule is O=C(O)c1ccc(Cl)c(Cl)c1CCc1sc(NC2CC3C=CC2C3)nc1O. The van der Waals surface area contributed by atoms with Crippen LogP contribution in [0.15, 0.2) is 24.3 Å². The first-order valence-electron chi connectivity index (χ1n) is 8.76. The number of carboxylic acid groups (broad SMARTS) is 1. The predicted octanol–water partition coefficient (Wildman–Crippen LogP) is 5.02. The van der Waals surface area contributed by atoms with E-state index in [1.54, 1.807) is 0 Å². The minimum atomic E-state index is -1.05. The number of benzene rings is 1. The molecule has 1 fully saturated rings. The first kappa shape index (κ1) is 18.6. The zero-order valence-corrected chi connectivity index (χ0v) is 16.6. The summed E-state index contributed by atoms with van der Waals surface area (Å²) in [5.74, 6) is 0.118. The lowest BCUT2D eigenvalue weighted by atomic mass is 10.0. The van der Waals surface area contributed by atoms with Crippen molar-refractivity contribution in [3.8, 4) is 5.88 Å². The van der Waals surface area contributed by atoms with Gasteiger partial charge >= 0.3 is 5.97 Å². The molecule has 8 heteroatoms. The largest absolute Gasteiger partial charge is 0.492 e. The Bertz CT molecular complexity index is 928. The normalized spacial score (nSPS) is 23.1. The van der Waals surface area contributed by atoms with Gasteiger partial charge in [-0.15, -0.1) is 0 Å². The molecule has 2 aliphatic carbocycles. The number of hydrogen-bond acceptors (Lipinski definition) is 5. The summed E-state index contributed by atoms with van der Waals surface area (Å²) in [7, 11) is 0. The van der Waals surface area contributed by atoms with Gasteiger partial charge in [-0.3, -0.25) is 0 Å². The zero-order valence-electron chi connectivity index (χ0n) is 14.3. The average Bonchev–Trinajstić information content (AvgIpc) is 3.32. The zero-order chi connectivity index (χ0) is 19.1. The molecule has 4 rings (SSSR count). The number of nitrogens with one attached hydrogen (secondary N) is 1. The third kappa shape index (κ3) is 3.66. The van der Waals surface area contributed by atoms with E-state index in [0.29, 0.717) is 51.3 Å². The van der Waals surface area contributed by atoms with Gasteiger partial charge < -0.3 is 15.5 Å². The molecule has 0 saturated heterocycles. The van der Waals surface area contributed by atoms with Gasteiger partial charge in [0, 0.05) is 6.04 Å². The number of thiazole rings is 1. The molecule has 3 N–H and O–H groups in total. The molecule has 142 valence electrons. The highest BCUT2D eigenvalue weighted by Gasteiger charge is 2.36. The summed E-state index contributed by atoms with van der Waals surface area (Å²) in [6.45, 7) is 0. The van der Waals surface area contributed by atoms with Gasteiger partial charge in [-0.1, -0.05) is 46.7 Å². The van der Waals surface area contributed by atoms with Crippen molar-refractivity contribution >= 4 is 45.6 Å². The number of fused-ring (bicyclic) bond motifs is 2. The lowest BCUT2D eigenvalue weighted by Gasteiger charge is -2.18. The van der Waals surface area contributed by atoms with Crippen LogP contribution in [0.4, 0.5) is 5.13 Å². The van der Waals surface area contributed by atoms with Crippen LogP contribution in [0.5, 0.6) is 5.88 Å². The molecule has 1 aromatic carbocycles. The van der Waals surface area contributed by atoms with E-state index in [0.717, 1.165) is 6.42 Å². The standard InChI is InChI=1S/C19H18Cl2N2O3S/c20-13-5-3-12(18(25)26)11(16(13)21)4-6-15-17(24)23-19(27-15)22-14-8-9-1-2-10(14)7-9/h1-3,5,9-10,14,24H,4,6-8H2,(H,22,23)(H,25,26). The first-order chi connectivity index (χ1) is 12.9. The Morgan fingerprint density at radius 2 is 2.07 bits per heavy atom. The Morgan fingerprint density at radius 1 is 1.26 bits per heavy atom. The summed E-state index contributed by atoms with van der Waals surface area (Å²) in [6.07, 6.45) is 7.61. The van der Waals surface area contributed by atoms with Crippen LogP contribution in [0.25, 0.3) is 0 Å². The van der Waals surface area contributed by atoms with Crippen LogP contribution in [-0.2, 0) is 12.8 Å². The van der Waals surface area contributed by atoms with Crippen LogP contribution in [0.2, 0.25) is 10.0 Å². The molecule has 1 saturated carbocycles. The van der Waals surface area contributed by atoms with Gasteiger partial charge in [0.1, 0.15) is 0 Å². The van der Waals surface area contributed by atoms with Gasteiger partial charge in [0.2, 0.25) is 5.88 Å². The van der Waals surface area contributed by atoms with Crippen LogP contribution in [0, 0.1) is 11.8 Å². The van der Waals surface area contributed by atoms with E-state index in [-0.39, 0.29) is 16.5 Å². The maximum atomic E-state index is 11.4. The number of carboxylic acids is 1. The van der Waals surface area contributed by atoms with E-state index in [9.17, 15) is 15.0 Å². The maximum Gasteiger partial charge on any atom is 0.336 e. The monoisotopic (exact) mass is 424 g/mol. The molecule has 5 nitrogen and oxygen atoms in total. The third-order valence-corrected chi connectivity index (χ3v) is 7.17. The molecule has 0 aliphatic heterocycles. The number of nitrogens with zero attached hydrogens (tertiary/aromatic N) is 1. The smallest absolute Gasteiger partial charge is 0.336 e. The van der Waals surface area contributed by atoms with E-state index in [4.69, 9.17) is 23.2 Å². The van der Waals surface area contributed by atoms with Gasteiger partial charge in [-0.05, 0) is 55.2 Å². The third-order valence-electron chi connectivity index (χ3n) is 5.29. The Morgan fingerprint density at radius 3 is 2.74 bits per heavy atom. The Balaban J connectivity index is 1.48. The molecule has 27 heavy (non-hydrogen) atoms. The summed E-state index contributed by atoms with van der Waals surface area (Å²) in [4.78, 5) is 16.4. The Hall–Kier alpha value is -1.76.